The summed E-state index contributed by atoms with van der Waals surface area (Å²) in [5, 5.41) is 3.41. The number of nitrogens with two attached hydrogens (primary N) is 1. The number of aromatic nitrogens is 1. The first-order chi connectivity index (χ1) is 9.79. The van der Waals surface area contributed by atoms with E-state index in [0.717, 1.165) is 9.50 Å². The zero-order chi connectivity index (χ0) is 13.9. The zero-order valence-electron chi connectivity index (χ0n) is 10.7. The van der Waals surface area contributed by atoms with Crippen LogP contribution in [0.2, 0.25) is 0 Å². The third-order valence-corrected chi connectivity index (χ3v) is 5.12. The molecule has 0 aliphatic heterocycles. The largest absolute Gasteiger partial charge is 0.326 e. The molecule has 3 rings (SSSR count). The number of benzene rings is 2. The van der Waals surface area contributed by atoms with Crippen molar-refractivity contribution < 1.29 is 0 Å². The number of rotatable bonds is 3. The fourth-order valence-electron chi connectivity index (χ4n) is 2.15. The first-order valence-electron chi connectivity index (χ1n) is 6.28. The van der Waals surface area contributed by atoms with Crippen LogP contribution in [0.4, 0.5) is 0 Å². The summed E-state index contributed by atoms with van der Waals surface area (Å²) < 4.78 is 1.01. The normalized spacial score (nSPS) is 10.9. The van der Waals surface area contributed by atoms with Gasteiger partial charge in [-0.2, -0.15) is 0 Å². The first kappa shape index (κ1) is 13.6. The van der Waals surface area contributed by atoms with Crippen LogP contribution in [0.25, 0.3) is 10.8 Å². The van der Waals surface area contributed by atoms with Gasteiger partial charge in [0.1, 0.15) is 5.03 Å². The molecule has 0 atom stereocenters. The van der Waals surface area contributed by atoms with Gasteiger partial charge in [0.05, 0.1) is 4.47 Å². The molecule has 2 aromatic carbocycles. The Morgan fingerprint density at radius 1 is 1.00 bits per heavy atom. The van der Waals surface area contributed by atoms with Gasteiger partial charge in [-0.15, -0.1) is 0 Å². The summed E-state index contributed by atoms with van der Waals surface area (Å²) in [5.74, 6) is 0. The highest BCUT2D eigenvalue weighted by atomic mass is 79.9. The summed E-state index contributed by atoms with van der Waals surface area (Å²) >= 11 is 5.21. The molecule has 0 radical (unpaired) electrons. The lowest BCUT2D eigenvalue weighted by Gasteiger charge is -2.10. The molecule has 20 heavy (non-hydrogen) atoms. The monoisotopic (exact) mass is 344 g/mol. The van der Waals surface area contributed by atoms with E-state index in [0.29, 0.717) is 6.54 Å². The Labute approximate surface area is 130 Å². The van der Waals surface area contributed by atoms with E-state index < -0.39 is 0 Å². The van der Waals surface area contributed by atoms with Gasteiger partial charge in [0.25, 0.3) is 0 Å². The topological polar surface area (TPSA) is 38.9 Å². The average molecular weight is 345 g/mol. The molecule has 0 unspecified atom stereocenters. The molecule has 3 aromatic rings. The van der Waals surface area contributed by atoms with Crippen LogP contribution in [0.1, 0.15) is 5.56 Å². The lowest BCUT2D eigenvalue weighted by atomic mass is 10.0. The van der Waals surface area contributed by atoms with Crippen molar-refractivity contribution in [1.82, 2.24) is 4.98 Å². The maximum atomic E-state index is 5.82. The molecule has 4 heteroatoms. The van der Waals surface area contributed by atoms with Crippen LogP contribution in [-0.4, -0.2) is 4.98 Å². The van der Waals surface area contributed by atoms with Crippen molar-refractivity contribution in [3.05, 3.63) is 64.8 Å². The van der Waals surface area contributed by atoms with E-state index in [1.807, 2.05) is 24.4 Å². The molecule has 0 aliphatic rings. The van der Waals surface area contributed by atoms with Crippen LogP contribution in [0.3, 0.4) is 0 Å². The second-order valence-corrected chi connectivity index (χ2v) is 6.25. The third kappa shape index (κ3) is 2.59. The van der Waals surface area contributed by atoms with Crippen LogP contribution < -0.4 is 5.73 Å². The van der Waals surface area contributed by atoms with E-state index >= 15 is 0 Å². The number of nitrogens with zero attached hydrogens (tertiary/aromatic N) is 1. The maximum Gasteiger partial charge on any atom is 0.115 e. The predicted octanol–water partition coefficient (Wildman–Crippen LogP) is 4.61. The van der Waals surface area contributed by atoms with Crippen LogP contribution in [0.15, 0.2) is 69.1 Å². The molecule has 100 valence electrons. The van der Waals surface area contributed by atoms with Gasteiger partial charge in [0, 0.05) is 17.6 Å². The highest BCUT2D eigenvalue weighted by Crippen LogP contribution is 2.36. The molecule has 2 N–H and O–H groups in total. The van der Waals surface area contributed by atoms with Gasteiger partial charge in [-0.05, 0) is 50.5 Å². The van der Waals surface area contributed by atoms with Crippen LogP contribution in [-0.2, 0) is 6.54 Å². The van der Waals surface area contributed by atoms with E-state index in [9.17, 15) is 0 Å². The number of halogens is 1. The van der Waals surface area contributed by atoms with E-state index in [1.54, 1.807) is 11.8 Å². The summed E-state index contributed by atoms with van der Waals surface area (Å²) in [6.07, 6.45) is 1.81. The summed E-state index contributed by atoms with van der Waals surface area (Å²) in [6, 6.07) is 16.5. The fourth-order valence-corrected chi connectivity index (χ4v) is 3.56. The molecule has 0 amide bonds. The van der Waals surface area contributed by atoms with E-state index in [2.05, 4.69) is 51.2 Å². The lowest BCUT2D eigenvalue weighted by Crippen LogP contribution is -1.97. The summed E-state index contributed by atoms with van der Waals surface area (Å²) in [4.78, 5) is 5.61. The number of hydrogen-bond acceptors (Lipinski definition) is 3. The Morgan fingerprint density at radius 2 is 1.80 bits per heavy atom. The summed E-state index contributed by atoms with van der Waals surface area (Å²) in [6.45, 7) is 0.554. The fraction of sp³-hybridized carbons (Fsp3) is 0.0625. The van der Waals surface area contributed by atoms with Crippen molar-refractivity contribution in [3.63, 3.8) is 0 Å². The first-order valence-corrected chi connectivity index (χ1v) is 7.89. The SMILES string of the molecule is NCc1ccc(Sc2ncccc2Br)c2ccccc12. The highest BCUT2D eigenvalue weighted by molar-refractivity contribution is 9.10. The molecule has 0 bridgehead atoms. The Hall–Kier alpha value is -1.36. The van der Waals surface area contributed by atoms with Gasteiger partial charge in [-0.3, -0.25) is 0 Å². The van der Waals surface area contributed by atoms with Gasteiger partial charge >= 0.3 is 0 Å². The van der Waals surface area contributed by atoms with E-state index in [4.69, 9.17) is 5.73 Å². The minimum atomic E-state index is 0.554. The van der Waals surface area contributed by atoms with Gasteiger partial charge < -0.3 is 5.73 Å². The molecule has 0 fully saturated rings. The van der Waals surface area contributed by atoms with Crippen molar-refractivity contribution in [3.8, 4) is 0 Å². The summed E-state index contributed by atoms with van der Waals surface area (Å²) in [5.41, 5.74) is 6.99. The Kier molecular flexibility index (Phi) is 4.05. The molecular formula is C16H13BrN2S. The van der Waals surface area contributed by atoms with Crippen LogP contribution in [0, 0.1) is 0 Å². The predicted molar refractivity (Wildman–Crippen MR) is 87.9 cm³/mol. The van der Waals surface area contributed by atoms with Gasteiger partial charge in [0.15, 0.2) is 0 Å². The van der Waals surface area contributed by atoms with Gasteiger partial charge in [0.2, 0.25) is 0 Å². The molecule has 1 heterocycles. The summed E-state index contributed by atoms with van der Waals surface area (Å²) in [7, 11) is 0. The maximum absolute atomic E-state index is 5.82. The number of fused-ring (bicyclic) bond motifs is 1. The van der Waals surface area contributed by atoms with Crippen molar-refractivity contribution in [1.29, 1.82) is 0 Å². The van der Waals surface area contributed by atoms with Crippen molar-refractivity contribution in [2.24, 2.45) is 5.73 Å². The third-order valence-electron chi connectivity index (χ3n) is 3.13. The number of pyridine rings is 1. The van der Waals surface area contributed by atoms with E-state index in [-0.39, 0.29) is 0 Å². The molecule has 1 aromatic heterocycles. The van der Waals surface area contributed by atoms with Crippen molar-refractivity contribution in [2.75, 3.05) is 0 Å². The Bertz CT molecular complexity index is 758. The molecule has 2 nitrogen and oxygen atoms in total. The zero-order valence-corrected chi connectivity index (χ0v) is 13.1. The number of hydrogen-bond donors (Lipinski definition) is 1. The minimum Gasteiger partial charge on any atom is -0.326 e. The second kappa shape index (κ2) is 5.95. The standard InChI is InChI=1S/C16H13BrN2S/c17-14-6-3-9-19-16(14)20-15-8-7-11(10-18)12-4-1-2-5-13(12)15/h1-9H,10,18H2. The van der Waals surface area contributed by atoms with Crippen LogP contribution in [0.5, 0.6) is 0 Å². The average Bonchev–Trinajstić information content (AvgIpc) is 2.50. The minimum absolute atomic E-state index is 0.554. The molecular weight excluding hydrogens is 332 g/mol. The lowest BCUT2D eigenvalue weighted by molar-refractivity contribution is 1.08. The quantitative estimate of drug-likeness (QED) is 0.754. The van der Waals surface area contributed by atoms with Crippen molar-refractivity contribution >= 4 is 38.5 Å². The van der Waals surface area contributed by atoms with Crippen molar-refractivity contribution in [2.45, 2.75) is 16.5 Å². The Balaban J connectivity index is 2.11. The highest BCUT2D eigenvalue weighted by Gasteiger charge is 2.08. The molecule has 0 aliphatic carbocycles. The van der Waals surface area contributed by atoms with Gasteiger partial charge in [-0.1, -0.05) is 42.1 Å². The van der Waals surface area contributed by atoms with Gasteiger partial charge in [-0.25, -0.2) is 4.98 Å². The molecule has 0 saturated heterocycles. The van der Waals surface area contributed by atoms with Crippen LogP contribution >= 0.6 is 27.7 Å². The Morgan fingerprint density at radius 3 is 2.55 bits per heavy atom. The smallest absolute Gasteiger partial charge is 0.115 e. The molecule has 0 saturated carbocycles. The molecule has 0 spiro atoms. The second-order valence-electron chi connectivity index (χ2n) is 4.36. The van der Waals surface area contributed by atoms with E-state index in [1.165, 1.54) is 21.2 Å².